The fourth-order valence-corrected chi connectivity index (χ4v) is 1.09. The van der Waals surface area contributed by atoms with E-state index in [-0.39, 0.29) is 0 Å². The molecular formula is C6Cl2F3NO2. The van der Waals surface area contributed by atoms with Crippen molar-refractivity contribution in [2.75, 3.05) is 0 Å². The first kappa shape index (κ1) is 11.1. The van der Waals surface area contributed by atoms with E-state index in [1.54, 1.807) is 0 Å². The summed E-state index contributed by atoms with van der Waals surface area (Å²) in [7, 11) is 0. The van der Waals surface area contributed by atoms with Crippen LogP contribution in [0.3, 0.4) is 0 Å². The Bertz CT molecular complexity index is 395. The van der Waals surface area contributed by atoms with Crippen LogP contribution in [0, 0.1) is 27.6 Å². The molecule has 0 amide bonds. The zero-order valence-electron chi connectivity index (χ0n) is 6.15. The summed E-state index contributed by atoms with van der Waals surface area (Å²) in [5.74, 6) is -5.41. The molecule has 14 heavy (non-hydrogen) atoms. The van der Waals surface area contributed by atoms with E-state index >= 15 is 0 Å². The van der Waals surface area contributed by atoms with Crippen molar-refractivity contribution >= 4 is 28.9 Å². The van der Waals surface area contributed by atoms with E-state index in [1.807, 2.05) is 0 Å². The summed E-state index contributed by atoms with van der Waals surface area (Å²) in [5, 5.41) is 8.08. The lowest BCUT2D eigenvalue weighted by atomic mass is 10.3. The van der Waals surface area contributed by atoms with Crippen LogP contribution in [0.2, 0.25) is 10.0 Å². The number of nitro groups is 1. The Labute approximate surface area is 85.2 Å². The lowest BCUT2D eigenvalue weighted by molar-refractivity contribution is -0.390. The van der Waals surface area contributed by atoms with E-state index in [9.17, 15) is 23.3 Å². The van der Waals surface area contributed by atoms with Crippen LogP contribution in [0.4, 0.5) is 18.9 Å². The van der Waals surface area contributed by atoms with Crippen molar-refractivity contribution in [3.05, 3.63) is 37.6 Å². The van der Waals surface area contributed by atoms with Gasteiger partial charge in [-0.15, -0.1) is 0 Å². The number of rotatable bonds is 1. The molecule has 0 unspecified atom stereocenters. The van der Waals surface area contributed by atoms with E-state index < -0.39 is 38.1 Å². The van der Waals surface area contributed by atoms with E-state index in [1.165, 1.54) is 0 Å². The third-order valence-electron chi connectivity index (χ3n) is 1.37. The molecule has 0 N–H and O–H groups in total. The van der Waals surface area contributed by atoms with Crippen molar-refractivity contribution in [1.29, 1.82) is 0 Å². The molecule has 0 spiro atoms. The zero-order chi connectivity index (χ0) is 11.0. The maximum absolute atomic E-state index is 12.9. The minimum Gasteiger partial charge on any atom is -0.258 e. The van der Waals surface area contributed by atoms with Crippen LogP contribution in [0.1, 0.15) is 0 Å². The number of halogens is 5. The van der Waals surface area contributed by atoms with Crippen LogP contribution in [-0.4, -0.2) is 4.92 Å². The highest BCUT2D eigenvalue weighted by Crippen LogP contribution is 2.36. The second kappa shape index (κ2) is 3.62. The zero-order valence-corrected chi connectivity index (χ0v) is 7.67. The summed E-state index contributed by atoms with van der Waals surface area (Å²) >= 11 is 10.1. The van der Waals surface area contributed by atoms with E-state index in [4.69, 9.17) is 23.2 Å². The van der Waals surface area contributed by atoms with Crippen LogP contribution in [0.5, 0.6) is 0 Å². The smallest absolute Gasteiger partial charge is 0.258 e. The Morgan fingerprint density at radius 1 is 1.00 bits per heavy atom. The van der Waals surface area contributed by atoms with Crippen molar-refractivity contribution < 1.29 is 18.1 Å². The molecule has 0 heterocycles. The van der Waals surface area contributed by atoms with Crippen molar-refractivity contribution in [1.82, 2.24) is 0 Å². The Morgan fingerprint density at radius 3 is 1.86 bits per heavy atom. The molecule has 1 rings (SSSR count). The van der Waals surface area contributed by atoms with Gasteiger partial charge < -0.3 is 0 Å². The fraction of sp³-hybridized carbons (Fsp3) is 0. The largest absolute Gasteiger partial charge is 0.344 e. The predicted molar refractivity (Wildman–Crippen MR) is 43.0 cm³/mol. The Balaban J connectivity index is 3.68. The Kier molecular flexibility index (Phi) is 2.86. The molecule has 0 saturated carbocycles. The number of hydrogen-bond acceptors (Lipinski definition) is 2. The molecule has 8 heteroatoms. The Hall–Kier alpha value is -1.01. The van der Waals surface area contributed by atoms with Crippen molar-refractivity contribution in [2.24, 2.45) is 0 Å². The third-order valence-corrected chi connectivity index (χ3v) is 2.18. The highest BCUT2D eigenvalue weighted by atomic mass is 35.5. The normalized spacial score (nSPS) is 10.4. The summed E-state index contributed by atoms with van der Waals surface area (Å²) in [5.41, 5.74) is -1.66. The molecule has 3 nitrogen and oxygen atoms in total. The standard InChI is InChI=1S/C6Cl2F3NO2/c7-1-2(8)4(10)6(12(13)14)5(11)3(1)9. The van der Waals surface area contributed by atoms with Gasteiger partial charge in [-0.25, -0.2) is 4.39 Å². The van der Waals surface area contributed by atoms with Crippen molar-refractivity contribution in [3.8, 4) is 0 Å². The second-order valence-electron chi connectivity index (χ2n) is 2.18. The molecule has 0 bridgehead atoms. The number of nitrogens with zero attached hydrogens (tertiary/aromatic N) is 1. The molecule has 76 valence electrons. The molecule has 1 aromatic rings. The van der Waals surface area contributed by atoms with E-state index in [0.717, 1.165) is 0 Å². The van der Waals surface area contributed by atoms with Gasteiger partial charge in [0.2, 0.25) is 11.6 Å². The number of benzene rings is 1. The maximum atomic E-state index is 12.9. The maximum Gasteiger partial charge on any atom is 0.344 e. The van der Waals surface area contributed by atoms with Crippen LogP contribution < -0.4 is 0 Å². The van der Waals surface area contributed by atoms with Gasteiger partial charge in [-0.05, 0) is 0 Å². The SMILES string of the molecule is O=[N+]([O-])c1c(F)c(F)c(Cl)c(Cl)c1F. The second-order valence-corrected chi connectivity index (χ2v) is 2.93. The van der Waals surface area contributed by atoms with E-state index in [0.29, 0.717) is 0 Å². The van der Waals surface area contributed by atoms with Gasteiger partial charge in [-0.1, -0.05) is 23.2 Å². The van der Waals surface area contributed by atoms with Crippen LogP contribution in [0.15, 0.2) is 0 Å². The third kappa shape index (κ3) is 1.51. The molecule has 0 atom stereocenters. The molecule has 0 aromatic heterocycles. The van der Waals surface area contributed by atoms with Crippen LogP contribution in [0.25, 0.3) is 0 Å². The summed E-state index contributed by atoms with van der Waals surface area (Å²) in [6, 6.07) is 0. The van der Waals surface area contributed by atoms with Crippen LogP contribution in [-0.2, 0) is 0 Å². The predicted octanol–water partition coefficient (Wildman–Crippen LogP) is 3.32. The first-order chi connectivity index (χ1) is 6.37. The average molecular weight is 246 g/mol. The summed E-state index contributed by atoms with van der Waals surface area (Å²) in [6.07, 6.45) is 0. The van der Waals surface area contributed by atoms with E-state index in [2.05, 4.69) is 0 Å². The molecule has 0 fully saturated rings. The minimum atomic E-state index is -1.97. The summed E-state index contributed by atoms with van der Waals surface area (Å²) < 4.78 is 38.4. The topological polar surface area (TPSA) is 43.1 Å². The minimum absolute atomic E-state index is 1.02. The van der Waals surface area contributed by atoms with Gasteiger partial charge in [0, 0.05) is 0 Å². The highest BCUT2D eigenvalue weighted by Gasteiger charge is 2.31. The average Bonchev–Trinajstić information content (AvgIpc) is 2.11. The van der Waals surface area contributed by atoms with Gasteiger partial charge in [0.15, 0.2) is 5.82 Å². The molecule has 0 saturated heterocycles. The van der Waals surface area contributed by atoms with Crippen LogP contribution >= 0.6 is 23.2 Å². The molecule has 1 aromatic carbocycles. The van der Waals surface area contributed by atoms with Gasteiger partial charge in [-0.2, -0.15) is 8.78 Å². The Morgan fingerprint density at radius 2 is 1.43 bits per heavy atom. The van der Waals surface area contributed by atoms with Gasteiger partial charge in [0.1, 0.15) is 10.0 Å². The highest BCUT2D eigenvalue weighted by molar-refractivity contribution is 6.42. The fourth-order valence-electron chi connectivity index (χ4n) is 0.754. The molecule has 0 aliphatic heterocycles. The number of nitro benzene ring substituents is 1. The monoisotopic (exact) mass is 245 g/mol. The first-order valence-corrected chi connectivity index (χ1v) is 3.79. The first-order valence-electron chi connectivity index (χ1n) is 3.03. The van der Waals surface area contributed by atoms with Gasteiger partial charge in [0.25, 0.3) is 0 Å². The molecule has 0 aliphatic rings. The van der Waals surface area contributed by atoms with Crippen molar-refractivity contribution in [2.45, 2.75) is 0 Å². The van der Waals surface area contributed by atoms with Gasteiger partial charge in [0.05, 0.1) is 4.92 Å². The van der Waals surface area contributed by atoms with Gasteiger partial charge >= 0.3 is 5.69 Å². The molecule has 0 aliphatic carbocycles. The lowest BCUT2D eigenvalue weighted by Gasteiger charge is -2.01. The molecule has 0 radical (unpaired) electrons. The summed E-state index contributed by atoms with van der Waals surface area (Å²) in [6.45, 7) is 0. The molecular weight excluding hydrogens is 246 g/mol. The van der Waals surface area contributed by atoms with Gasteiger partial charge in [-0.3, -0.25) is 10.1 Å². The summed E-state index contributed by atoms with van der Waals surface area (Å²) in [4.78, 5) is 8.69. The van der Waals surface area contributed by atoms with Crippen molar-refractivity contribution in [3.63, 3.8) is 0 Å². The number of hydrogen-bond donors (Lipinski definition) is 0. The quantitative estimate of drug-likeness (QED) is 0.330. The lowest BCUT2D eigenvalue weighted by Crippen LogP contribution is -2.01.